The molecule has 0 bridgehead atoms. The Kier molecular flexibility index (Phi) is 8.12. The van der Waals surface area contributed by atoms with Crippen LogP contribution in [0.5, 0.6) is 0 Å². The van der Waals surface area contributed by atoms with Crippen LogP contribution in [0.15, 0.2) is 35.3 Å². The number of aromatic nitrogens is 2. The highest BCUT2D eigenvalue weighted by Crippen LogP contribution is 2.39. The van der Waals surface area contributed by atoms with Gasteiger partial charge in [-0.3, -0.25) is 24.4 Å². The fourth-order valence-electron chi connectivity index (χ4n) is 6.47. The van der Waals surface area contributed by atoms with Gasteiger partial charge in [0.15, 0.2) is 0 Å². The second kappa shape index (κ2) is 11.6. The number of carbonyl (C=O) groups is 1. The molecule has 216 valence electrons. The molecule has 12 heteroatoms. The predicted octanol–water partition coefficient (Wildman–Crippen LogP) is 3.09. The quantitative estimate of drug-likeness (QED) is 0.376. The molecule has 40 heavy (non-hydrogen) atoms. The molecule has 2 fully saturated rings. The van der Waals surface area contributed by atoms with E-state index in [-0.39, 0.29) is 25.5 Å². The summed E-state index contributed by atoms with van der Waals surface area (Å²) in [6.07, 6.45) is 1.56. The molecule has 0 spiro atoms. The zero-order chi connectivity index (χ0) is 27.9. The maximum atomic E-state index is 13.2. The average Bonchev–Trinajstić information content (AvgIpc) is 3.68. The number of carbonyl (C=O) groups excluding carboxylic acids is 1. The molecule has 5 heterocycles. The SMILES string of the molecule is O=C(CN1CCn2c(cc(C(F)(F)F)cc2=O)C1)NI=C1CN(C2CCOC2)C[C@@H]1CC1CCc2cccnc21. The van der Waals surface area contributed by atoms with E-state index in [2.05, 4.69) is 14.5 Å². The van der Waals surface area contributed by atoms with E-state index >= 15 is 0 Å². The molecule has 2 unspecified atom stereocenters. The van der Waals surface area contributed by atoms with Crippen molar-refractivity contribution in [3.05, 3.63) is 63.3 Å². The maximum absolute atomic E-state index is 13.2. The van der Waals surface area contributed by atoms with Crippen LogP contribution in [-0.2, 0) is 35.2 Å². The highest BCUT2D eigenvalue weighted by Gasteiger charge is 2.37. The number of ether oxygens (including phenoxy) is 1. The van der Waals surface area contributed by atoms with E-state index in [4.69, 9.17) is 9.72 Å². The third-order valence-corrected chi connectivity index (χ3v) is 11.3. The summed E-state index contributed by atoms with van der Waals surface area (Å²) in [7, 11) is 0. The molecular weight excluding hydrogens is 638 g/mol. The van der Waals surface area contributed by atoms with Gasteiger partial charge in [0.2, 0.25) is 5.91 Å². The lowest BCUT2D eigenvalue weighted by Gasteiger charge is -2.29. The van der Waals surface area contributed by atoms with Crippen molar-refractivity contribution in [1.29, 1.82) is 0 Å². The number of pyridine rings is 2. The van der Waals surface area contributed by atoms with Gasteiger partial charge in [0.25, 0.3) is 5.56 Å². The summed E-state index contributed by atoms with van der Waals surface area (Å²) in [5.41, 5.74) is 1.27. The minimum absolute atomic E-state index is 0.0994. The van der Waals surface area contributed by atoms with Crippen LogP contribution in [0.2, 0.25) is 0 Å². The molecule has 1 N–H and O–H groups in total. The Bertz CT molecular complexity index is 1360. The topological polar surface area (TPSA) is 79.7 Å². The molecule has 2 saturated heterocycles. The zero-order valence-electron chi connectivity index (χ0n) is 22.1. The number of aryl methyl sites for hydroxylation is 1. The van der Waals surface area contributed by atoms with E-state index in [1.54, 1.807) is 0 Å². The van der Waals surface area contributed by atoms with E-state index < -0.39 is 38.3 Å². The molecule has 1 amide bonds. The van der Waals surface area contributed by atoms with Crippen LogP contribution in [0.25, 0.3) is 0 Å². The minimum Gasteiger partial charge on any atom is -0.380 e. The fraction of sp³-hybridized carbons (Fsp3) is 0.571. The summed E-state index contributed by atoms with van der Waals surface area (Å²) >= 11 is -0.717. The Morgan fingerprint density at radius 1 is 1.18 bits per heavy atom. The molecule has 1 aliphatic carbocycles. The van der Waals surface area contributed by atoms with Crippen molar-refractivity contribution in [2.45, 2.75) is 56.9 Å². The highest BCUT2D eigenvalue weighted by atomic mass is 127. The molecule has 2 aromatic rings. The molecule has 0 aromatic carbocycles. The van der Waals surface area contributed by atoms with Crippen LogP contribution in [0, 0.1) is 5.92 Å². The second-order valence-electron chi connectivity index (χ2n) is 11.2. The number of amides is 1. The van der Waals surface area contributed by atoms with Gasteiger partial charge in [0, 0.05) is 80.9 Å². The monoisotopic (exact) mass is 671 g/mol. The summed E-state index contributed by atoms with van der Waals surface area (Å²) in [6.45, 7) is 4.35. The molecule has 6 rings (SSSR count). The molecule has 0 radical (unpaired) electrons. The van der Waals surface area contributed by atoms with Gasteiger partial charge in [-0.1, -0.05) is 6.07 Å². The molecule has 3 aliphatic heterocycles. The van der Waals surface area contributed by atoms with Crippen molar-refractivity contribution in [3.8, 4) is 0 Å². The molecule has 0 saturated carbocycles. The zero-order valence-corrected chi connectivity index (χ0v) is 24.3. The van der Waals surface area contributed by atoms with Crippen molar-refractivity contribution in [2.24, 2.45) is 5.92 Å². The number of fused-ring (bicyclic) bond motifs is 2. The smallest absolute Gasteiger partial charge is 0.380 e. The number of alkyl halides is 3. The van der Waals surface area contributed by atoms with Crippen molar-refractivity contribution in [3.63, 3.8) is 0 Å². The summed E-state index contributed by atoms with van der Waals surface area (Å²) in [5, 5.41) is 0. The second-order valence-corrected chi connectivity index (χ2v) is 13.6. The van der Waals surface area contributed by atoms with Gasteiger partial charge in [-0.15, -0.1) is 0 Å². The number of nitrogens with one attached hydrogen (secondary N) is 1. The Labute approximate surface area is 241 Å². The van der Waals surface area contributed by atoms with Crippen LogP contribution >= 0.6 is 21.0 Å². The Morgan fingerprint density at radius 3 is 2.85 bits per heavy atom. The molecule has 2 aromatic heterocycles. The van der Waals surface area contributed by atoms with Gasteiger partial charge >= 0.3 is 6.18 Å². The van der Waals surface area contributed by atoms with Gasteiger partial charge < -0.3 is 12.8 Å². The lowest BCUT2D eigenvalue weighted by molar-refractivity contribution is -0.138. The minimum atomic E-state index is -4.58. The first-order valence-corrected chi connectivity index (χ1v) is 16.0. The van der Waals surface area contributed by atoms with E-state index in [9.17, 15) is 22.8 Å². The van der Waals surface area contributed by atoms with E-state index in [1.807, 2.05) is 17.2 Å². The number of nitrogens with zero attached hydrogens (tertiary/aromatic N) is 4. The van der Waals surface area contributed by atoms with Crippen molar-refractivity contribution in [1.82, 2.24) is 22.9 Å². The summed E-state index contributed by atoms with van der Waals surface area (Å²) in [4.78, 5) is 34.2. The summed E-state index contributed by atoms with van der Waals surface area (Å²) < 4.78 is 51.3. The number of halogens is 4. The summed E-state index contributed by atoms with van der Waals surface area (Å²) in [5.74, 6) is 0.729. The lowest BCUT2D eigenvalue weighted by atomic mass is 9.92. The predicted molar refractivity (Wildman–Crippen MR) is 152 cm³/mol. The first-order chi connectivity index (χ1) is 19.2. The third kappa shape index (κ3) is 6.04. The number of likely N-dealkylation sites (tertiary alicyclic amines) is 1. The normalized spacial score (nSPS) is 26.5. The van der Waals surface area contributed by atoms with Gasteiger partial charge in [0.05, 0.1) is 18.7 Å². The van der Waals surface area contributed by atoms with Crippen molar-refractivity contribution < 1.29 is 22.7 Å². The first kappa shape index (κ1) is 28.0. The van der Waals surface area contributed by atoms with E-state index in [1.165, 1.54) is 19.3 Å². The summed E-state index contributed by atoms with van der Waals surface area (Å²) in [6, 6.07) is 6.27. The molecule has 3 atom stereocenters. The third-order valence-electron chi connectivity index (χ3n) is 8.53. The van der Waals surface area contributed by atoms with E-state index in [0.717, 1.165) is 58.1 Å². The molecule has 4 aliphatic rings. The van der Waals surface area contributed by atoms with Gasteiger partial charge in [-0.25, -0.2) is 0 Å². The fourth-order valence-corrected chi connectivity index (χ4v) is 8.79. The Hall–Kier alpha value is -2.16. The highest BCUT2D eigenvalue weighted by molar-refractivity contribution is 14.2. The van der Waals surface area contributed by atoms with Crippen LogP contribution in [0.4, 0.5) is 13.2 Å². The van der Waals surface area contributed by atoms with E-state index in [0.29, 0.717) is 36.2 Å². The van der Waals surface area contributed by atoms with Crippen LogP contribution in [0.3, 0.4) is 0 Å². The maximum Gasteiger partial charge on any atom is 0.416 e. The van der Waals surface area contributed by atoms with Crippen LogP contribution < -0.4 is 9.09 Å². The number of hydrogen-bond donors (Lipinski definition) is 1. The van der Waals surface area contributed by atoms with Crippen LogP contribution in [-0.4, -0.2) is 74.2 Å². The van der Waals surface area contributed by atoms with Gasteiger partial charge in [-0.2, -0.15) is 13.2 Å². The molecule has 8 nitrogen and oxygen atoms in total. The standard InChI is InChI=1S/C28H33F3IN5O3/c29-28(30,31)21-11-23-14-35(7-8-37(23)26(39)12-21)16-25(38)34-32-24-15-36(22-5-9-40-17-22)13-20(24)10-19-4-3-18-2-1-6-33-27(18)19/h1-2,6,11-12,19-20,22H,3-5,7-10,13-17H2,(H,34,38)/t19?,20-,22?/m0/s1. The Balaban J connectivity index is 1.12. The first-order valence-electron chi connectivity index (χ1n) is 13.8. The average molecular weight is 672 g/mol. The lowest BCUT2D eigenvalue weighted by Crippen LogP contribution is -2.43. The van der Waals surface area contributed by atoms with Crippen LogP contribution in [0.1, 0.15) is 47.7 Å². The molecular formula is C28H33F3IN5O3. The van der Waals surface area contributed by atoms with Gasteiger partial charge in [-0.05, 0) is 67.9 Å². The van der Waals surface area contributed by atoms with Gasteiger partial charge in [0.1, 0.15) is 0 Å². The van der Waals surface area contributed by atoms with Crippen molar-refractivity contribution >= 4 is 30.4 Å². The number of rotatable bonds is 6. The largest absolute Gasteiger partial charge is 0.416 e. The number of hydrogen-bond acceptors (Lipinski definition) is 6. The Morgan fingerprint density at radius 2 is 2.05 bits per heavy atom. The van der Waals surface area contributed by atoms with Crippen molar-refractivity contribution in [2.75, 3.05) is 39.4 Å².